The highest BCUT2D eigenvalue weighted by Gasteiger charge is 2.12. The summed E-state index contributed by atoms with van der Waals surface area (Å²) in [6.45, 7) is 2.00. The number of nitrogens with zero attached hydrogens (tertiary/aromatic N) is 1. The number of benzene rings is 2. The first-order chi connectivity index (χ1) is 11.9. The number of thioether (sulfide) groups is 1. The number of anilines is 1. The van der Waals surface area contributed by atoms with Gasteiger partial charge in [-0.1, -0.05) is 29.4 Å². The Kier molecular flexibility index (Phi) is 4.96. The minimum Gasteiger partial charge on any atom is -0.478 e. The average Bonchev–Trinajstić information content (AvgIpc) is 2.96. The van der Waals surface area contributed by atoms with E-state index in [2.05, 4.69) is 15.3 Å². The molecule has 8 heteroatoms. The molecule has 0 aliphatic heterocycles. The molecule has 0 aliphatic rings. The van der Waals surface area contributed by atoms with Crippen LogP contribution < -0.4 is 5.32 Å². The molecule has 0 unspecified atom stereocenters. The number of rotatable bonds is 5. The van der Waals surface area contributed by atoms with Crippen LogP contribution in [0.3, 0.4) is 0 Å². The summed E-state index contributed by atoms with van der Waals surface area (Å²) in [5.74, 6) is -1.27. The first kappa shape index (κ1) is 17.3. The number of aromatic amines is 1. The normalized spacial score (nSPS) is 10.8. The maximum Gasteiger partial charge on any atom is 0.337 e. The van der Waals surface area contributed by atoms with E-state index in [0.717, 1.165) is 16.6 Å². The molecule has 1 amide bonds. The fraction of sp³-hybridized carbons (Fsp3) is 0.118. The zero-order valence-electron chi connectivity index (χ0n) is 13.2. The Morgan fingerprint density at radius 1 is 1.28 bits per heavy atom. The highest BCUT2D eigenvalue weighted by molar-refractivity contribution is 7.99. The monoisotopic (exact) mass is 375 g/mol. The third kappa shape index (κ3) is 4.12. The zero-order valence-corrected chi connectivity index (χ0v) is 14.7. The second-order valence-electron chi connectivity index (χ2n) is 5.40. The third-order valence-corrected chi connectivity index (χ3v) is 4.64. The van der Waals surface area contributed by atoms with E-state index in [0.29, 0.717) is 10.8 Å². The quantitative estimate of drug-likeness (QED) is 0.587. The minimum absolute atomic E-state index is 0.0558. The second kappa shape index (κ2) is 7.16. The van der Waals surface area contributed by atoms with Gasteiger partial charge in [0.15, 0.2) is 5.16 Å². The van der Waals surface area contributed by atoms with Crippen LogP contribution in [-0.2, 0) is 4.79 Å². The van der Waals surface area contributed by atoms with Crippen molar-refractivity contribution in [1.82, 2.24) is 9.97 Å². The number of imidazole rings is 1. The summed E-state index contributed by atoms with van der Waals surface area (Å²) in [5.41, 5.74) is 3.22. The van der Waals surface area contributed by atoms with Gasteiger partial charge in [-0.05, 0) is 42.8 Å². The molecule has 2 aromatic carbocycles. The van der Waals surface area contributed by atoms with Crippen molar-refractivity contribution in [2.24, 2.45) is 0 Å². The molecule has 0 saturated carbocycles. The second-order valence-corrected chi connectivity index (χ2v) is 6.77. The molecule has 0 bridgehead atoms. The predicted molar refractivity (Wildman–Crippen MR) is 98.6 cm³/mol. The van der Waals surface area contributed by atoms with Crippen molar-refractivity contribution in [1.29, 1.82) is 0 Å². The number of hydrogen-bond donors (Lipinski definition) is 3. The molecule has 3 rings (SSSR count). The molecule has 0 radical (unpaired) electrons. The number of aromatic nitrogens is 2. The SMILES string of the molecule is Cc1ccc2nc(SCC(=O)Nc3ccc(Cl)c(C(=O)O)c3)[nH]c2c1. The number of carboxylic acids is 1. The molecule has 0 saturated heterocycles. The van der Waals surface area contributed by atoms with E-state index < -0.39 is 5.97 Å². The summed E-state index contributed by atoms with van der Waals surface area (Å²) in [5, 5.41) is 12.5. The molecule has 0 fully saturated rings. The summed E-state index contributed by atoms with van der Waals surface area (Å²) < 4.78 is 0. The number of hydrogen-bond acceptors (Lipinski definition) is 4. The van der Waals surface area contributed by atoms with Crippen LogP contribution >= 0.6 is 23.4 Å². The largest absolute Gasteiger partial charge is 0.478 e. The Morgan fingerprint density at radius 2 is 2.08 bits per heavy atom. The molecule has 0 aliphatic carbocycles. The Bertz CT molecular complexity index is 971. The average molecular weight is 376 g/mol. The van der Waals surface area contributed by atoms with Gasteiger partial charge in [0.1, 0.15) is 0 Å². The Labute approximate surface area is 152 Å². The number of carbonyl (C=O) groups is 2. The minimum atomic E-state index is -1.15. The number of carbonyl (C=O) groups excluding carboxylic acids is 1. The van der Waals surface area contributed by atoms with E-state index in [1.807, 2.05) is 25.1 Å². The fourth-order valence-electron chi connectivity index (χ4n) is 2.27. The van der Waals surface area contributed by atoms with Crippen molar-refractivity contribution in [3.05, 3.63) is 52.5 Å². The van der Waals surface area contributed by atoms with Crippen LogP contribution in [0.25, 0.3) is 11.0 Å². The molecular weight excluding hydrogens is 362 g/mol. The first-order valence-corrected chi connectivity index (χ1v) is 8.70. The van der Waals surface area contributed by atoms with Gasteiger partial charge < -0.3 is 15.4 Å². The number of carboxylic acid groups (broad SMARTS) is 1. The number of amides is 1. The molecular formula is C17H14ClN3O3S. The molecule has 0 spiro atoms. The van der Waals surface area contributed by atoms with E-state index in [1.165, 1.54) is 23.9 Å². The third-order valence-electron chi connectivity index (χ3n) is 3.44. The molecule has 6 nitrogen and oxygen atoms in total. The number of aryl methyl sites for hydroxylation is 1. The maximum absolute atomic E-state index is 12.1. The van der Waals surface area contributed by atoms with Gasteiger partial charge in [0.25, 0.3) is 0 Å². The fourth-order valence-corrected chi connectivity index (χ4v) is 3.15. The lowest BCUT2D eigenvalue weighted by molar-refractivity contribution is -0.113. The Hall–Kier alpha value is -2.51. The van der Waals surface area contributed by atoms with E-state index in [4.69, 9.17) is 16.7 Å². The zero-order chi connectivity index (χ0) is 18.0. The van der Waals surface area contributed by atoms with Gasteiger partial charge >= 0.3 is 5.97 Å². The molecule has 1 aromatic heterocycles. The molecule has 3 aromatic rings. The summed E-state index contributed by atoms with van der Waals surface area (Å²) in [4.78, 5) is 30.7. The number of nitrogens with one attached hydrogen (secondary N) is 2. The van der Waals surface area contributed by atoms with Gasteiger partial charge in [-0.2, -0.15) is 0 Å². The van der Waals surface area contributed by atoms with Crippen molar-refractivity contribution >= 4 is 52.0 Å². The van der Waals surface area contributed by atoms with Gasteiger partial charge in [-0.15, -0.1) is 0 Å². The van der Waals surface area contributed by atoms with Crippen LogP contribution in [0.5, 0.6) is 0 Å². The topological polar surface area (TPSA) is 95.1 Å². The lowest BCUT2D eigenvalue weighted by Crippen LogP contribution is -2.14. The van der Waals surface area contributed by atoms with Crippen LogP contribution in [0.1, 0.15) is 15.9 Å². The lowest BCUT2D eigenvalue weighted by Gasteiger charge is -2.06. The molecule has 128 valence electrons. The molecule has 1 heterocycles. The van der Waals surface area contributed by atoms with Gasteiger partial charge in [-0.25, -0.2) is 9.78 Å². The highest BCUT2D eigenvalue weighted by Crippen LogP contribution is 2.22. The van der Waals surface area contributed by atoms with Crippen molar-refractivity contribution in [2.45, 2.75) is 12.1 Å². The van der Waals surface area contributed by atoms with Crippen molar-refractivity contribution in [3.63, 3.8) is 0 Å². The van der Waals surface area contributed by atoms with Crippen LogP contribution in [0.4, 0.5) is 5.69 Å². The van der Waals surface area contributed by atoms with Crippen LogP contribution in [-0.4, -0.2) is 32.7 Å². The number of aromatic carboxylic acids is 1. The van der Waals surface area contributed by atoms with Crippen molar-refractivity contribution < 1.29 is 14.7 Å². The van der Waals surface area contributed by atoms with Gasteiger partial charge in [-0.3, -0.25) is 4.79 Å². The first-order valence-electron chi connectivity index (χ1n) is 7.34. The van der Waals surface area contributed by atoms with Crippen molar-refractivity contribution in [2.75, 3.05) is 11.1 Å². The van der Waals surface area contributed by atoms with Crippen LogP contribution in [0.15, 0.2) is 41.6 Å². The van der Waals surface area contributed by atoms with Crippen molar-refractivity contribution in [3.8, 4) is 0 Å². The number of H-pyrrole nitrogens is 1. The summed E-state index contributed by atoms with van der Waals surface area (Å²) in [6.07, 6.45) is 0. The summed E-state index contributed by atoms with van der Waals surface area (Å²) in [6, 6.07) is 10.2. The smallest absolute Gasteiger partial charge is 0.337 e. The Balaban J connectivity index is 1.64. The van der Waals surface area contributed by atoms with Crippen LogP contribution in [0.2, 0.25) is 5.02 Å². The van der Waals surface area contributed by atoms with E-state index >= 15 is 0 Å². The van der Waals surface area contributed by atoms with Gasteiger partial charge in [0.2, 0.25) is 5.91 Å². The number of halogens is 1. The van der Waals surface area contributed by atoms with Gasteiger partial charge in [0.05, 0.1) is 27.4 Å². The summed E-state index contributed by atoms with van der Waals surface area (Å²) >= 11 is 7.08. The standard InChI is InChI=1S/C17H14ClN3O3S/c1-9-2-5-13-14(6-9)21-17(20-13)25-8-15(22)19-10-3-4-12(18)11(7-10)16(23)24/h2-7H,8H2,1H3,(H,19,22)(H,20,21)(H,23,24). The van der Waals surface area contributed by atoms with Gasteiger partial charge in [0, 0.05) is 5.69 Å². The highest BCUT2D eigenvalue weighted by atomic mass is 35.5. The molecule has 25 heavy (non-hydrogen) atoms. The number of fused-ring (bicyclic) bond motifs is 1. The summed E-state index contributed by atoms with van der Waals surface area (Å²) in [7, 11) is 0. The molecule has 3 N–H and O–H groups in total. The molecule has 0 atom stereocenters. The maximum atomic E-state index is 12.1. The Morgan fingerprint density at radius 3 is 2.84 bits per heavy atom. The van der Waals surface area contributed by atoms with E-state index in [9.17, 15) is 9.59 Å². The van der Waals surface area contributed by atoms with E-state index in [-0.39, 0.29) is 22.2 Å². The van der Waals surface area contributed by atoms with Crippen LogP contribution in [0, 0.1) is 6.92 Å². The van der Waals surface area contributed by atoms with E-state index in [1.54, 1.807) is 6.07 Å². The lowest BCUT2D eigenvalue weighted by atomic mass is 10.2. The predicted octanol–water partition coefficient (Wildman–Crippen LogP) is 3.95.